The van der Waals surface area contributed by atoms with Crippen LogP contribution < -0.4 is 4.74 Å². The molecule has 0 fully saturated rings. The maximum Gasteiger partial charge on any atom is 0.119 e. The van der Waals surface area contributed by atoms with Gasteiger partial charge < -0.3 is 4.74 Å². The maximum absolute atomic E-state index is 5.66. The van der Waals surface area contributed by atoms with Crippen molar-refractivity contribution in [2.75, 3.05) is 0 Å². The summed E-state index contributed by atoms with van der Waals surface area (Å²) in [4.78, 5) is 0. The second kappa shape index (κ2) is 9.63. The second-order valence-electron chi connectivity index (χ2n) is 5.92. The summed E-state index contributed by atoms with van der Waals surface area (Å²) in [6, 6.07) is 8.51. The molecule has 0 saturated carbocycles. The predicted molar refractivity (Wildman–Crippen MR) is 88.4 cm³/mol. The number of hydrogen-bond donors (Lipinski definition) is 0. The van der Waals surface area contributed by atoms with Gasteiger partial charge in [-0.2, -0.15) is 0 Å². The molecule has 0 radical (unpaired) electrons. The Balaban J connectivity index is 2.36. The van der Waals surface area contributed by atoms with E-state index in [1.165, 1.54) is 31.2 Å². The van der Waals surface area contributed by atoms with Crippen LogP contribution >= 0.6 is 0 Å². The number of unbranched alkanes of at least 4 members (excludes halogenated alkanes) is 3. The molecule has 1 heteroatoms. The summed E-state index contributed by atoms with van der Waals surface area (Å²) in [5.41, 5.74) is 1.38. The van der Waals surface area contributed by atoms with Gasteiger partial charge in [-0.25, -0.2) is 0 Å². The van der Waals surface area contributed by atoms with Crippen molar-refractivity contribution in [1.82, 2.24) is 0 Å². The molecule has 0 aliphatic heterocycles. The molecular formula is C19H30O. The van der Waals surface area contributed by atoms with Crippen LogP contribution in [0.4, 0.5) is 0 Å². The van der Waals surface area contributed by atoms with Crippen molar-refractivity contribution in [2.45, 2.75) is 65.9 Å². The van der Waals surface area contributed by atoms with Gasteiger partial charge in [-0.15, -0.1) is 0 Å². The summed E-state index contributed by atoms with van der Waals surface area (Å²) < 4.78 is 5.66. The minimum Gasteiger partial charge on any atom is -0.491 e. The molecule has 0 heterocycles. The summed E-state index contributed by atoms with van der Waals surface area (Å²) in [5.74, 6) is 1.57. The molecule has 1 atom stereocenters. The molecule has 1 aromatic rings. The Hall–Kier alpha value is -1.24. The average molecular weight is 274 g/mol. The Morgan fingerprint density at radius 1 is 1.05 bits per heavy atom. The lowest BCUT2D eigenvalue weighted by molar-refractivity contribution is 0.242. The summed E-state index contributed by atoms with van der Waals surface area (Å²) in [7, 11) is 0. The van der Waals surface area contributed by atoms with Gasteiger partial charge in [-0.3, -0.25) is 0 Å². The van der Waals surface area contributed by atoms with E-state index in [1.54, 1.807) is 0 Å². The number of hydrogen-bond acceptors (Lipinski definition) is 1. The summed E-state index contributed by atoms with van der Waals surface area (Å²) in [6.45, 7) is 8.65. The zero-order valence-electron chi connectivity index (χ0n) is 13.6. The van der Waals surface area contributed by atoms with Crippen LogP contribution in [0, 0.1) is 5.92 Å². The van der Waals surface area contributed by atoms with E-state index in [4.69, 9.17) is 4.74 Å². The summed E-state index contributed by atoms with van der Waals surface area (Å²) >= 11 is 0. The molecule has 0 amide bonds. The first-order chi connectivity index (χ1) is 9.61. The lowest BCUT2D eigenvalue weighted by Crippen LogP contribution is -2.05. The highest BCUT2D eigenvalue weighted by atomic mass is 16.5. The normalized spacial score (nSPS) is 13.1. The predicted octanol–water partition coefficient (Wildman–Crippen LogP) is 5.79. The molecule has 20 heavy (non-hydrogen) atoms. The molecule has 0 saturated heterocycles. The van der Waals surface area contributed by atoms with Crippen LogP contribution in [0.2, 0.25) is 0 Å². The number of benzene rings is 1. The Morgan fingerprint density at radius 3 is 2.35 bits per heavy atom. The highest BCUT2D eigenvalue weighted by molar-refractivity contribution is 5.28. The minimum atomic E-state index is 0.242. The first kappa shape index (κ1) is 16.8. The zero-order chi connectivity index (χ0) is 14.8. The fraction of sp³-hybridized carbons (Fsp3) is 0.579. The summed E-state index contributed by atoms with van der Waals surface area (Å²) in [6.07, 6.45) is 11.2. The summed E-state index contributed by atoms with van der Waals surface area (Å²) in [5, 5.41) is 0. The molecular weight excluding hydrogens is 244 g/mol. The van der Waals surface area contributed by atoms with E-state index in [9.17, 15) is 0 Å². The fourth-order valence-electron chi connectivity index (χ4n) is 2.26. The molecule has 1 nitrogen and oxygen atoms in total. The third kappa shape index (κ3) is 7.37. The molecule has 1 aromatic carbocycles. The van der Waals surface area contributed by atoms with E-state index in [-0.39, 0.29) is 6.10 Å². The van der Waals surface area contributed by atoms with Gasteiger partial charge in [-0.1, -0.05) is 51.0 Å². The van der Waals surface area contributed by atoms with Crippen LogP contribution in [-0.4, -0.2) is 6.10 Å². The smallest absolute Gasteiger partial charge is 0.119 e. The fourth-order valence-corrected chi connectivity index (χ4v) is 2.26. The van der Waals surface area contributed by atoms with Crippen LogP contribution in [0.25, 0.3) is 0 Å². The van der Waals surface area contributed by atoms with Crippen molar-refractivity contribution in [3.63, 3.8) is 0 Å². The van der Waals surface area contributed by atoms with Gasteiger partial charge in [-0.05, 0) is 56.7 Å². The van der Waals surface area contributed by atoms with Crippen molar-refractivity contribution < 1.29 is 4.74 Å². The Morgan fingerprint density at radius 2 is 1.75 bits per heavy atom. The molecule has 1 unspecified atom stereocenters. The topological polar surface area (TPSA) is 9.23 Å². The van der Waals surface area contributed by atoms with Crippen LogP contribution in [0.1, 0.15) is 58.9 Å². The van der Waals surface area contributed by atoms with E-state index >= 15 is 0 Å². The van der Waals surface area contributed by atoms with Crippen LogP contribution in [0.15, 0.2) is 36.4 Å². The SMILES string of the molecule is CCCCCC=CC(C)Cc1ccc(OC(C)C)cc1. The third-order valence-electron chi connectivity index (χ3n) is 3.29. The number of allylic oxidation sites excluding steroid dienone is 2. The second-order valence-corrected chi connectivity index (χ2v) is 5.92. The molecule has 0 spiro atoms. The van der Waals surface area contributed by atoms with E-state index in [0.29, 0.717) is 5.92 Å². The average Bonchev–Trinajstić information content (AvgIpc) is 2.40. The maximum atomic E-state index is 5.66. The van der Waals surface area contributed by atoms with Crippen molar-refractivity contribution >= 4 is 0 Å². The minimum absolute atomic E-state index is 0.242. The number of ether oxygens (including phenoxy) is 1. The lowest BCUT2D eigenvalue weighted by atomic mass is 10.00. The van der Waals surface area contributed by atoms with E-state index in [1.807, 2.05) is 0 Å². The lowest BCUT2D eigenvalue weighted by Gasteiger charge is -2.11. The Kier molecular flexibility index (Phi) is 8.10. The van der Waals surface area contributed by atoms with Crippen molar-refractivity contribution in [3.8, 4) is 5.75 Å². The third-order valence-corrected chi connectivity index (χ3v) is 3.29. The van der Waals surface area contributed by atoms with Gasteiger partial charge in [0.1, 0.15) is 5.75 Å². The molecule has 0 aromatic heterocycles. The van der Waals surface area contributed by atoms with Crippen LogP contribution in [-0.2, 0) is 6.42 Å². The van der Waals surface area contributed by atoms with Crippen LogP contribution in [0.5, 0.6) is 5.75 Å². The Bertz CT molecular complexity index is 375. The molecule has 0 aliphatic carbocycles. The van der Waals surface area contributed by atoms with E-state index < -0.39 is 0 Å². The quantitative estimate of drug-likeness (QED) is 0.409. The van der Waals surface area contributed by atoms with Gasteiger partial charge in [0.25, 0.3) is 0 Å². The van der Waals surface area contributed by atoms with Gasteiger partial charge in [0.15, 0.2) is 0 Å². The van der Waals surface area contributed by atoms with E-state index in [0.717, 1.165) is 12.2 Å². The van der Waals surface area contributed by atoms with E-state index in [2.05, 4.69) is 64.1 Å². The van der Waals surface area contributed by atoms with Crippen molar-refractivity contribution in [2.24, 2.45) is 5.92 Å². The van der Waals surface area contributed by atoms with Gasteiger partial charge in [0.2, 0.25) is 0 Å². The standard InChI is InChI=1S/C19H30O/c1-5-6-7-8-9-10-17(4)15-18-11-13-19(14-12-18)20-16(2)3/h9-14,16-17H,5-8,15H2,1-4H3. The number of rotatable bonds is 9. The Labute approximate surface area is 125 Å². The molecule has 0 aliphatic rings. The first-order valence-corrected chi connectivity index (χ1v) is 8.04. The van der Waals surface area contributed by atoms with Crippen molar-refractivity contribution in [3.05, 3.63) is 42.0 Å². The highest BCUT2D eigenvalue weighted by Crippen LogP contribution is 2.17. The van der Waals surface area contributed by atoms with Gasteiger partial charge in [0, 0.05) is 0 Å². The molecule has 0 bridgehead atoms. The largest absolute Gasteiger partial charge is 0.491 e. The highest BCUT2D eigenvalue weighted by Gasteiger charge is 2.01. The zero-order valence-corrected chi connectivity index (χ0v) is 13.6. The van der Waals surface area contributed by atoms with Gasteiger partial charge >= 0.3 is 0 Å². The van der Waals surface area contributed by atoms with Crippen molar-refractivity contribution in [1.29, 1.82) is 0 Å². The molecule has 112 valence electrons. The van der Waals surface area contributed by atoms with Crippen LogP contribution in [0.3, 0.4) is 0 Å². The molecule has 1 rings (SSSR count). The monoisotopic (exact) mass is 274 g/mol. The molecule has 0 N–H and O–H groups in total. The first-order valence-electron chi connectivity index (χ1n) is 8.04. The van der Waals surface area contributed by atoms with Gasteiger partial charge in [0.05, 0.1) is 6.10 Å².